The standard InChI is InChI=1S/C19H18N2/c1-14-11-18(13-21-12-14)19(20)17-9-7-16(8-10-17)15-5-3-2-4-6-15/h2-13,19H,20H2,1H3. The van der Waals surface area contributed by atoms with Gasteiger partial charge < -0.3 is 5.73 Å². The maximum atomic E-state index is 6.33. The van der Waals surface area contributed by atoms with E-state index >= 15 is 0 Å². The number of aryl methyl sites for hydroxylation is 1. The van der Waals surface area contributed by atoms with Gasteiger partial charge in [-0.2, -0.15) is 0 Å². The van der Waals surface area contributed by atoms with E-state index in [9.17, 15) is 0 Å². The molecule has 0 fully saturated rings. The zero-order chi connectivity index (χ0) is 14.7. The number of pyridine rings is 1. The van der Waals surface area contributed by atoms with Gasteiger partial charge in [-0.3, -0.25) is 4.98 Å². The van der Waals surface area contributed by atoms with Gasteiger partial charge in [0.2, 0.25) is 0 Å². The Bertz CT molecular complexity index is 718. The average molecular weight is 274 g/mol. The van der Waals surface area contributed by atoms with E-state index in [2.05, 4.69) is 47.4 Å². The number of hydrogen-bond acceptors (Lipinski definition) is 2. The number of nitrogens with zero attached hydrogens (tertiary/aromatic N) is 1. The third kappa shape index (κ3) is 3.01. The molecule has 2 N–H and O–H groups in total. The molecule has 1 unspecified atom stereocenters. The van der Waals surface area contributed by atoms with Gasteiger partial charge in [-0.1, -0.05) is 60.7 Å². The van der Waals surface area contributed by atoms with Crippen LogP contribution in [-0.2, 0) is 0 Å². The maximum Gasteiger partial charge on any atom is 0.0567 e. The molecule has 2 heteroatoms. The lowest BCUT2D eigenvalue weighted by Gasteiger charge is -2.13. The fourth-order valence-corrected chi connectivity index (χ4v) is 2.45. The predicted molar refractivity (Wildman–Crippen MR) is 86.9 cm³/mol. The number of hydrogen-bond donors (Lipinski definition) is 1. The number of nitrogens with two attached hydrogens (primary N) is 1. The minimum atomic E-state index is -0.137. The minimum absolute atomic E-state index is 0.137. The molecule has 3 aromatic rings. The van der Waals surface area contributed by atoms with Crippen LogP contribution in [0.4, 0.5) is 0 Å². The topological polar surface area (TPSA) is 38.9 Å². The Balaban J connectivity index is 1.87. The summed E-state index contributed by atoms with van der Waals surface area (Å²) in [4.78, 5) is 4.22. The predicted octanol–water partition coefficient (Wildman–Crippen LogP) is 4.11. The Kier molecular flexibility index (Phi) is 3.80. The van der Waals surface area contributed by atoms with E-state index < -0.39 is 0 Å². The van der Waals surface area contributed by atoms with Crippen molar-refractivity contribution in [1.82, 2.24) is 4.98 Å². The van der Waals surface area contributed by atoms with E-state index in [1.165, 1.54) is 11.1 Å². The van der Waals surface area contributed by atoms with Gasteiger partial charge in [-0.05, 0) is 34.7 Å². The van der Waals surface area contributed by atoms with Crippen molar-refractivity contribution in [1.29, 1.82) is 0 Å². The van der Waals surface area contributed by atoms with Crippen LogP contribution < -0.4 is 5.73 Å². The van der Waals surface area contributed by atoms with Crippen LogP contribution in [0.3, 0.4) is 0 Å². The monoisotopic (exact) mass is 274 g/mol. The molecule has 0 aliphatic heterocycles. The van der Waals surface area contributed by atoms with Gasteiger partial charge in [0.1, 0.15) is 0 Å². The summed E-state index contributed by atoms with van der Waals surface area (Å²) in [5, 5.41) is 0. The van der Waals surface area contributed by atoms with Gasteiger partial charge in [0.05, 0.1) is 6.04 Å². The van der Waals surface area contributed by atoms with Gasteiger partial charge in [-0.25, -0.2) is 0 Å². The lowest BCUT2D eigenvalue weighted by atomic mass is 9.97. The molecule has 104 valence electrons. The number of benzene rings is 2. The second-order valence-corrected chi connectivity index (χ2v) is 5.26. The van der Waals surface area contributed by atoms with E-state index in [0.29, 0.717) is 0 Å². The second kappa shape index (κ2) is 5.90. The molecule has 2 aromatic carbocycles. The Labute approximate surface area is 125 Å². The Morgan fingerprint density at radius 2 is 1.48 bits per heavy atom. The van der Waals surface area contributed by atoms with Crippen molar-refractivity contribution in [3.63, 3.8) is 0 Å². The lowest BCUT2D eigenvalue weighted by Crippen LogP contribution is -2.12. The summed E-state index contributed by atoms with van der Waals surface area (Å²) < 4.78 is 0. The molecule has 0 radical (unpaired) electrons. The summed E-state index contributed by atoms with van der Waals surface area (Å²) in [6.45, 7) is 2.03. The molecule has 0 amide bonds. The fourth-order valence-electron chi connectivity index (χ4n) is 2.45. The van der Waals surface area contributed by atoms with E-state index in [1.807, 2.05) is 37.5 Å². The summed E-state index contributed by atoms with van der Waals surface area (Å²) in [5.41, 5.74) is 12.0. The lowest BCUT2D eigenvalue weighted by molar-refractivity contribution is 0.861. The molecule has 0 bridgehead atoms. The zero-order valence-corrected chi connectivity index (χ0v) is 12.0. The number of aromatic nitrogens is 1. The highest BCUT2D eigenvalue weighted by Gasteiger charge is 2.09. The number of rotatable bonds is 3. The van der Waals surface area contributed by atoms with E-state index in [0.717, 1.165) is 16.7 Å². The fraction of sp³-hybridized carbons (Fsp3) is 0.105. The minimum Gasteiger partial charge on any atom is -0.320 e. The first kappa shape index (κ1) is 13.5. The van der Waals surface area contributed by atoms with Crippen molar-refractivity contribution in [3.05, 3.63) is 89.7 Å². The molecular weight excluding hydrogens is 256 g/mol. The van der Waals surface area contributed by atoms with Crippen LogP contribution in [0.2, 0.25) is 0 Å². The van der Waals surface area contributed by atoms with Crippen molar-refractivity contribution in [3.8, 4) is 11.1 Å². The summed E-state index contributed by atoms with van der Waals surface area (Å²) in [7, 11) is 0. The van der Waals surface area contributed by atoms with Crippen molar-refractivity contribution < 1.29 is 0 Å². The molecule has 2 nitrogen and oxygen atoms in total. The van der Waals surface area contributed by atoms with E-state index in [1.54, 1.807) is 0 Å². The molecule has 1 atom stereocenters. The Morgan fingerprint density at radius 1 is 0.810 bits per heavy atom. The molecule has 0 spiro atoms. The smallest absolute Gasteiger partial charge is 0.0567 e. The molecule has 21 heavy (non-hydrogen) atoms. The molecule has 0 saturated heterocycles. The van der Waals surface area contributed by atoms with Crippen molar-refractivity contribution in [2.24, 2.45) is 5.73 Å². The zero-order valence-electron chi connectivity index (χ0n) is 12.0. The highest BCUT2D eigenvalue weighted by molar-refractivity contribution is 5.63. The van der Waals surface area contributed by atoms with Gasteiger partial charge in [0.15, 0.2) is 0 Å². The summed E-state index contributed by atoms with van der Waals surface area (Å²) in [6, 6.07) is 20.7. The summed E-state index contributed by atoms with van der Waals surface area (Å²) in [6.07, 6.45) is 3.68. The van der Waals surface area contributed by atoms with Crippen molar-refractivity contribution in [2.75, 3.05) is 0 Å². The molecule has 3 rings (SSSR count). The van der Waals surface area contributed by atoms with Crippen LogP contribution in [-0.4, -0.2) is 4.98 Å². The normalized spacial score (nSPS) is 12.1. The third-order valence-electron chi connectivity index (χ3n) is 3.63. The molecule has 0 saturated carbocycles. The SMILES string of the molecule is Cc1cncc(C(N)c2ccc(-c3ccccc3)cc2)c1. The van der Waals surface area contributed by atoms with Gasteiger partial charge in [-0.15, -0.1) is 0 Å². The van der Waals surface area contributed by atoms with Crippen LogP contribution in [0.1, 0.15) is 22.7 Å². The average Bonchev–Trinajstić information content (AvgIpc) is 2.55. The van der Waals surface area contributed by atoms with E-state index in [4.69, 9.17) is 5.73 Å². The third-order valence-corrected chi connectivity index (χ3v) is 3.63. The van der Waals surface area contributed by atoms with E-state index in [-0.39, 0.29) is 6.04 Å². The Hall–Kier alpha value is -2.45. The molecule has 1 heterocycles. The highest BCUT2D eigenvalue weighted by atomic mass is 14.7. The van der Waals surface area contributed by atoms with Gasteiger partial charge in [0.25, 0.3) is 0 Å². The van der Waals surface area contributed by atoms with Crippen molar-refractivity contribution in [2.45, 2.75) is 13.0 Å². The second-order valence-electron chi connectivity index (χ2n) is 5.26. The first-order chi connectivity index (χ1) is 10.2. The van der Waals surface area contributed by atoms with Gasteiger partial charge >= 0.3 is 0 Å². The highest BCUT2D eigenvalue weighted by Crippen LogP contribution is 2.24. The molecular formula is C19H18N2. The molecule has 0 aliphatic carbocycles. The first-order valence-electron chi connectivity index (χ1n) is 7.06. The van der Waals surface area contributed by atoms with Crippen LogP contribution in [0.5, 0.6) is 0 Å². The largest absolute Gasteiger partial charge is 0.320 e. The van der Waals surface area contributed by atoms with Crippen LogP contribution in [0.25, 0.3) is 11.1 Å². The van der Waals surface area contributed by atoms with Crippen LogP contribution >= 0.6 is 0 Å². The quantitative estimate of drug-likeness (QED) is 0.780. The first-order valence-corrected chi connectivity index (χ1v) is 7.06. The van der Waals surface area contributed by atoms with Crippen molar-refractivity contribution >= 4 is 0 Å². The summed E-state index contributed by atoms with van der Waals surface area (Å²) in [5.74, 6) is 0. The Morgan fingerprint density at radius 3 is 2.14 bits per heavy atom. The maximum absolute atomic E-state index is 6.33. The van der Waals surface area contributed by atoms with Crippen LogP contribution in [0.15, 0.2) is 73.1 Å². The van der Waals surface area contributed by atoms with Gasteiger partial charge in [0, 0.05) is 12.4 Å². The summed E-state index contributed by atoms with van der Waals surface area (Å²) >= 11 is 0. The van der Waals surface area contributed by atoms with Crippen LogP contribution in [0, 0.1) is 6.92 Å². The molecule has 1 aromatic heterocycles. The molecule has 0 aliphatic rings.